The molecule has 22 heavy (non-hydrogen) atoms. The molecule has 1 N–H and O–H groups in total. The molecule has 114 valence electrons. The Kier molecular flexibility index (Phi) is 3.78. The highest BCUT2D eigenvalue weighted by Crippen LogP contribution is 2.30. The van der Waals surface area contributed by atoms with E-state index in [-0.39, 0.29) is 35.6 Å². The van der Waals surface area contributed by atoms with Gasteiger partial charge < -0.3 is 5.32 Å². The number of nitrogens with zero attached hydrogens (tertiary/aromatic N) is 1. The van der Waals surface area contributed by atoms with Crippen LogP contribution >= 0.6 is 12.2 Å². The molecule has 2 fully saturated rings. The SMILES string of the molecule is CC1=CC=C2CC(=O)N(C3CCC(=O)NC3=S)C(=O)C2=CC1. The third kappa shape index (κ3) is 2.54. The molecule has 0 aromatic rings. The van der Waals surface area contributed by atoms with Crippen LogP contribution in [0.25, 0.3) is 0 Å². The van der Waals surface area contributed by atoms with Crippen molar-refractivity contribution in [3.8, 4) is 0 Å². The van der Waals surface area contributed by atoms with Crippen molar-refractivity contribution in [3.05, 3.63) is 34.9 Å². The Bertz CT molecular complexity index is 688. The quantitative estimate of drug-likeness (QED) is 0.589. The van der Waals surface area contributed by atoms with E-state index in [1.165, 1.54) is 4.90 Å². The second-order valence-electron chi connectivity index (χ2n) is 5.74. The Morgan fingerprint density at radius 2 is 2.05 bits per heavy atom. The maximum absolute atomic E-state index is 12.8. The third-order valence-electron chi connectivity index (χ3n) is 4.12. The van der Waals surface area contributed by atoms with E-state index in [9.17, 15) is 14.4 Å². The number of allylic oxidation sites excluding steroid dienone is 4. The van der Waals surface area contributed by atoms with Crippen LogP contribution < -0.4 is 5.32 Å². The van der Waals surface area contributed by atoms with Crippen LogP contribution in [-0.4, -0.2) is 33.7 Å². The number of imide groups is 1. The van der Waals surface area contributed by atoms with E-state index in [4.69, 9.17) is 12.2 Å². The van der Waals surface area contributed by atoms with Crippen molar-refractivity contribution in [2.24, 2.45) is 0 Å². The molecule has 1 unspecified atom stereocenters. The van der Waals surface area contributed by atoms with Crippen LogP contribution in [0.5, 0.6) is 0 Å². The maximum atomic E-state index is 12.8. The smallest absolute Gasteiger partial charge is 0.261 e. The van der Waals surface area contributed by atoms with E-state index >= 15 is 0 Å². The van der Waals surface area contributed by atoms with Crippen LogP contribution in [-0.2, 0) is 14.4 Å². The van der Waals surface area contributed by atoms with Gasteiger partial charge in [-0.05, 0) is 25.3 Å². The van der Waals surface area contributed by atoms with Gasteiger partial charge in [0.2, 0.25) is 11.8 Å². The summed E-state index contributed by atoms with van der Waals surface area (Å²) in [6.07, 6.45) is 7.21. The average Bonchev–Trinajstić information content (AvgIpc) is 2.63. The zero-order valence-electron chi connectivity index (χ0n) is 12.2. The predicted molar refractivity (Wildman–Crippen MR) is 84.8 cm³/mol. The molecule has 0 bridgehead atoms. The summed E-state index contributed by atoms with van der Waals surface area (Å²) in [5.74, 6) is -0.730. The van der Waals surface area contributed by atoms with Crippen molar-refractivity contribution in [1.29, 1.82) is 0 Å². The van der Waals surface area contributed by atoms with Crippen molar-refractivity contribution in [1.82, 2.24) is 10.2 Å². The van der Waals surface area contributed by atoms with Crippen LogP contribution in [0.4, 0.5) is 0 Å². The fourth-order valence-corrected chi connectivity index (χ4v) is 3.25. The number of nitrogens with one attached hydrogen (secondary N) is 1. The lowest BCUT2D eigenvalue weighted by Crippen LogP contribution is -2.57. The number of piperidine rings is 2. The molecule has 0 saturated carbocycles. The summed E-state index contributed by atoms with van der Waals surface area (Å²) >= 11 is 5.16. The summed E-state index contributed by atoms with van der Waals surface area (Å²) in [7, 11) is 0. The molecule has 1 atom stereocenters. The maximum Gasteiger partial charge on any atom is 0.261 e. The summed E-state index contributed by atoms with van der Waals surface area (Å²) < 4.78 is 0. The highest BCUT2D eigenvalue weighted by atomic mass is 32.1. The first-order valence-electron chi connectivity index (χ1n) is 7.24. The van der Waals surface area contributed by atoms with Gasteiger partial charge >= 0.3 is 0 Å². The lowest BCUT2D eigenvalue weighted by Gasteiger charge is -2.36. The minimum absolute atomic E-state index is 0.160. The van der Waals surface area contributed by atoms with E-state index in [0.717, 1.165) is 11.1 Å². The molecule has 6 heteroatoms. The molecule has 2 heterocycles. The lowest BCUT2D eigenvalue weighted by molar-refractivity contribution is -0.145. The van der Waals surface area contributed by atoms with Gasteiger partial charge in [0, 0.05) is 12.0 Å². The van der Waals surface area contributed by atoms with E-state index in [1.807, 2.05) is 25.2 Å². The molecular formula is C16H16N2O3S. The van der Waals surface area contributed by atoms with Crippen LogP contribution in [0.3, 0.4) is 0 Å². The van der Waals surface area contributed by atoms with Gasteiger partial charge in [0.1, 0.15) is 4.99 Å². The number of hydrogen-bond donors (Lipinski definition) is 1. The van der Waals surface area contributed by atoms with Gasteiger partial charge in [0.05, 0.1) is 12.5 Å². The second kappa shape index (κ2) is 5.61. The largest absolute Gasteiger partial charge is 0.319 e. The van der Waals surface area contributed by atoms with Gasteiger partial charge in [-0.15, -0.1) is 0 Å². The van der Waals surface area contributed by atoms with Crippen LogP contribution in [0.2, 0.25) is 0 Å². The second-order valence-corrected chi connectivity index (χ2v) is 6.18. The number of thiocarbonyl (C=S) groups is 1. The lowest BCUT2D eigenvalue weighted by atomic mass is 9.93. The zero-order chi connectivity index (χ0) is 15.9. The first kappa shape index (κ1) is 14.8. The Morgan fingerprint density at radius 3 is 2.77 bits per heavy atom. The molecule has 0 spiro atoms. The molecule has 2 aliphatic heterocycles. The van der Waals surface area contributed by atoms with Gasteiger partial charge in [0.25, 0.3) is 5.91 Å². The number of fused-ring (bicyclic) bond motifs is 1. The summed E-state index contributed by atoms with van der Waals surface area (Å²) in [5.41, 5.74) is 2.47. The Labute approximate surface area is 133 Å². The normalized spacial score (nSPS) is 25.8. The number of carbonyl (C=O) groups excluding carboxylic acids is 3. The monoisotopic (exact) mass is 316 g/mol. The van der Waals surface area contributed by atoms with Crippen molar-refractivity contribution < 1.29 is 14.4 Å². The van der Waals surface area contributed by atoms with Gasteiger partial charge in [-0.3, -0.25) is 19.3 Å². The van der Waals surface area contributed by atoms with Crippen molar-refractivity contribution in [3.63, 3.8) is 0 Å². The summed E-state index contributed by atoms with van der Waals surface area (Å²) in [5, 5.41) is 2.56. The van der Waals surface area contributed by atoms with E-state index in [1.54, 1.807) is 0 Å². The highest BCUT2D eigenvalue weighted by molar-refractivity contribution is 7.80. The number of rotatable bonds is 1. The summed E-state index contributed by atoms with van der Waals surface area (Å²) in [6.45, 7) is 1.99. The number of hydrogen-bond acceptors (Lipinski definition) is 4. The highest BCUT2D eigenvalue weighted by Gasteiger charge is 2.41. The molecule has 3 amide bonds. The Morgan fingerprint density at radius 1 is 1.27 bits per heavy atom. The Hall–Kier alpha value is -2.08. The first-order valence-corrected chi connectivity index (χ1v) is 7.65. The zero-order valence-corrected chi connectivity index (χ0v) is 13.0. The third-order valence-corrected chi connectivity index (χ3v) is 4.50. The molecule has 0 aromatic heterocycles. The Balaban J connectivity index is 1.92. The first-order chi connectivity index (χ1) is 10.5. The van der Waals surface area contributed by atoms with Crippen molar-refractivity contribution >= 4 is 34.9 Å². The van der Waals surface area contributed by atoms with Crippen LogP contribution in [0.15, 0.2) is 34.9 Å². The number of amides is 3. The molecule has 1 aliphatic carbocycles. The van der Waals surface area contributed by atoms with Gasteiger partial charge in [-0.1, -0.05) is 36.0 Å². The molecule has 5 nitrogen and oxygen atoms in total. The minimum atomic E-state index is -0.521. The topological polar surface area (TPSA) is 66.5 Å². The molecule has 3 rings (SSSR count). The summed E-state index contributed by atoms with van der Waals surface area (Å²) in [6, 6.07) is -0.521. The number of carbonyl (C=O) groups is 3. The van der Waals surface area contributed by atoms with E-state index in [2.05, 4.69) is 5.32 Å². The van der Waals surface area contributed by atoms with Crippen LogP contribution in [0, 0.1) is 0 Å². The number of likely N-dealkylation sites (tertiary alicyclic amines) is 1. The average molecular weight is 316 g/mol. The van der Waals surface area contributed by atoms with E-state index in [0.29, 0.717) is 18.4 Å². The van der Waals surface area contributed by atoms with Gasteiger partial charge in [-0.25, -0.2) is 0 Å². The molecule has 2 saturated heterocycles. The summed E-state index contributed by atoms with van der Waals surface area (Å²) in [4.78, 5) is 38.0. The standard InChI is InChI=1S/C16H16N2O3S/c1-9-2-4-10-8-14(20)18(16(21)11(10)5-3-9)12-6-7-13(19)17-15(12)22/h2,4-5,12H,3,6-8H2,1H3,(H,17,19,22). The molecule has 0 aromatic carbocycles. The minimum Gasteiger partial charge on any atom is -0.319 e. The van der Waals surface area contributed by atoms with Gasteiger partial charge in [-0.2, -0.15) is 0 Å². The van der Waals surface area contributed by atoms with E-state index < -0.39 is 6.04 Å². The molecule has 0 radical (unpaired) electrons. The van der Waals surface area contributed by atoms with Crippen molar-refractivity contribution in [2.45, 2.75) is 38.6 Å². The molecular weight excluding hydrogens is 300 g/mol. The fraction of sp³-hybridized carbons (Fsp3) is 0.375. The molecule has 3 aliphatic rings. The predicted octanol–water partition coefficient (Wildman–Crippen LogP) is 1.55. The van der Waals surface area contributed by atoms with Crippen LogP contribution in [0.1, 0.15) is 32.6 Å². The fourth-order valence-electron chi connectivity index (χ4n) is 2.91. The van der Waals surface area contributed by atoms with Gasteiger partial charge in [0.15, 0.2) is 0 Å². The van der Waals surface area contributed by atoms with Crippen molar-refractivity contribution in [2.75, 3.05) is 0 Å².